The van der Waals surface area contributed by atoms with Crippen LogP contribution in [0.4, 0.5) is 0 Å². The second kappa shape index (κ2) is 5.95. The largest absolute Gasteiger partial charge is 0.374 e. The summed E-state index contributed by atoms with van der Waals surface area (Å²) in [6.07, 6.45) is 10.0. The SMILES string of the molecule is CCC1N2/C=C(/C)C/C=C(/C)C([C@@H](C)CCC2)C1(C)C. The van der Waals surface area contributed by atoms with Gasteiger partial charge in [-0.25, -0.2) is 0 Å². The summed E-state index contributed by atoms with van der Waals surface area (Å²) in [5.41, 5.74) is 3.47. The molecular formula is C19H33N. The van der Waals surface area contributed by atoms with E-state index in [1.54, 1.807) is 5.57 Å². The zero-order valence-corrected chi connectivity index (χ0v) is 14.4. The molecule has 3 atom stereocenters. The molecule has 2 bridgehead atoms. The van der Waals surface area contributed by atoms with Gasteiger partial charge in [-0.1, -0.05) is 44.9 Å². The first-order chi connectivity index (χ1) is 9.37. The van der Waals surface area contributed by atoms with E-state index < -0.39 is 0 Å². The van der Waals surface area contributed by atoms with Gasteiger partial charge >= 0.3 is 0 Å². The summed E-state index contributed by atoms with van der Waals surface area (Å²) in [5, 5.41) is 0. The topological polar surface area (TPSA) is 3.24 Å². The molecule has 2 unspecified atom stereocenters. The number of hydrogen-bond donors (Lipinski definition) is 0. The second-order valence-corrected chi connectivity index (χ2v) is 7.71. The maximum atomic E-state index is 2.67. The molecule has 2 heterocycles. The van der Waals surface area contributed by atoms with Crippen LogP contribution in [-0.2, 0) is 0 Å². The lowest BCUT2D eigenvalue weighted by atomic mass is 9.62. The highest BCUT2D eigenvalue weighted by Gasteiger charge is 2.43. The van der Waals surface area contributed by atoms with E-state index in [9.17, 15) is 0 Å². The van der Waals surface area contributed by atoms with Crippen LogP contribution in [0.25, 0.3) is 0 Å². The number of allylic oxidation sites excluding steroid dienone is 3. The Kier molecular flexibility index (Phi) is 4.66. The number of hydrogen-bond acceptors (Lipinski definition) is 1. The molecule has 0 aromatic heterocycles. The molecule has 1 nitrogen and oxygen atoms in total. The van der Waals surface area contributed by atoms with Gasteiger partial charge in [0.1, 0.15) is 0 Å². The summed E-state index contributed by atoms with van der Waals surface area (Å²) in [7, 11) is 0. The Morgan fingerprint density at radius 2 is 2.00 bits per heavy atom. The third kappa shape index (κ3) is 2.82. The van der Waals surface area contributed by atoms with Crippen LogP contribution >= 0.6 is 0 Å². The van der Waals surface area contributed by atoms with Crippen LogP contribution in [0, 0.1) is 17.3 Å². The van der Waals surface area contributed by atoms with Crippen molar-refractivity contribution in [1.82, 2.24) is 4.90 Å². The van der Waals surface area contributed by atoms with Crippen LogP contribution < -0.4 is 0 Å². The average Bonchev–Trinajstić information content (AvgIpc) is 2.36. The van der Waals surface area contributed by atoms with Crippen molar-refractivity contribution in [2.24, 2.45) is 17.3 Å². The van der Waals surface area contributed by atoms with E-state index in [0.717, 1.165) is 18.3 Å². The highest BCUT2D eigenvalue weighted by Crippen LogP contribution is 2.47. The molecule has 0 aromatic rings. The lowest BCUT2D eigenvalue weighted by molar-refractivity contribution is 0.0369. The molecule has 114 valence electrons. The third-order valence-electron chi connectivity index (χ3n) is 5.72. The van der Waals surface area contributed by atoms with Gasteiger partial charge in [-0.3, -0.25) is 0 Å². The van der Waals surface area contributed by atoms with Crippen molar-refractivity contribution >= 4 is 0 Å². The van der Waals surface area contributed by atoms with Gasteiger partial charge in [0.15, 0.2) is 0 Å². The molecule has 2 aliphatic heterocycles. The van der Waals surface area contributed by atoms with E-state index in [2.05, 4.69) is 58.7 Å². The average molecular weight is 275 g/mol. The number of fused-ring (bicyclic) bond motifs is 3. The quantitative estimate of drug-likeness (QED) is 0.580. The van der Waals surface area contributed by atoms with Gasteiger partial charge in [-0.2, -0.15) is 0 Å². The zero-order chi connectivity index (χ0) is 14.9. The van der Waals surface area contributed by atoms with Gasteiger partial charge < -0.3 is 4.90 Å². The second-order valence-electron chi connectivity index (χ2n) is 7.71. The molecule has 1 saturated heterocycles. The monoisotopic (exact) mass is 275 g/mol. The van der Waals surface area contributed by atoms with Gasteiger partial charge in [-0.05, 0) is 63.0 Å². The Bertz CT molecular complexity index is 402. The first-order valence-electron chi connectivity index (χ1n) is 8.47. The third-order valence-corrected chi connectivity index (χ3v) is 5.72. The van der Waals surface area contributed by atoms with E-state index in [1.165, 1.54) is 31.4 Å². The number of nitrogens with zero attached hydrogens (tertiary/aromatic N) is 1. The minimum absolute atomic E-state index is 0.344. The molecule has 1 heteroatoms. The molecule has 2 aliphatic rings. The van der Waals surface area contributed by atoms with Crippen LogP contribution in [0.5, 0.6) is 0 Å². The molecule has 0 amide bonds. The Morgan fingerprint density at radius 1 is 1.30 bits per heavy atom. The van der Waals surface area contributed by atoms with E-state index in [4.69, 9.17) is 0 Å². The van der Waals surface area contributed by atoms with Gasteiger partial charge in [0.2, 0.25) is 0 Å². The van der Waals surface area contributed by atoms with E-state index in [-0.39, 0.29) is 0 Å². The van der Waals surface area contributed by atoms with Crippen molar-refractivity contribution in [2.45, 2.75) is 73.3 Å². The molecule has 1 fully saturated rings. The minimum Gasteiger partial charge on any atom is -0.374 e. The fourth-order valence-electron chi connectivity index (χ4n) is 5.02. The predicted molar refractivity (Wildman–Crippen MR) is 88.6 cm³/mol. The Hall–Kier alpha value is -0.720. The molecular weight excluding hydrogens is 242 g/mol. The van der Waals surface area contributed by atoms with Gasteiger partial charge in [0, 0.05) is 12.6 Å². The van der Waals surface area contributed by atoms with Gasteiger partial charge in [0.05, 0.1) is 0 Å². The Labute approximate surface area is 126 Å². The summed E-state index contributed by atoms with van der Waals surface area (Å²) in [6, 6.07) is 0.659. The van der Waals surface area contributed by atoms with Gasteiger partial charge in [0.25, 0.3) is 0 Å². The first-order valence-corrected chi connectivity index (χ1v) is 8.47. The summed E-state index contributed by atoms with van der Waals surface area (Å²) in [5.74, 6) is 1.52. The van der Waals surface area contributed by atoms with Crippen molar-refractivity contribution in [2.75, 3.05) is 6.54 Å². The van der Waals surface area contributed by atoms with Crippen LogP contribution in [-0.4, -0.2) is 17.5 Å². The fourth-order valence-corrected chi connectivity index (χ4v) is 5.02. The van der Waals surface area contributed by atoms with Crippen LogP contribution in [0.3, 0.4) is 0 Å². The Balaban J connectivity index is 2.55. The number of rotatable bonds is 1. The summed E-state index contributed by atoms with van der Waals surface area (Å²) in [6.45, 7) is 15.7. The van der Waals surface area contributed by atoms with E-state index in [1.807, 2.05) is 0 Å². The zero-order valence-electron chi connectivity index (χ0n) is 14.4. The molecule has 0 saturated carbocycles. The summed E-state index contributed by atoms with van der Waals surface area (Å²) in [4.78, 5) is 2.67. The lowest BCUT2D eigenvalue weighted by Gasteiger charge is -2.50. The highest BCUT2D eigenvalue weighted by atomic mass is 15.2. The minimum atomic E-state index is 0.344. The smallest absolute Gasteiger partial charge is 0.0338 e. The Morgan fingerprint density at radius 3 is 2.65 bits per heavy atom. The van der Waals surface area contributed by atoms with E-state index >= 15 is 0 Å². The molecule has 0 radical (unpaired) electrons. The normalized spacial score (nSPS) is 39.5. The molecule has 0 aliphatic carbocycles. The van der Waals surface area contributed by atoms with Gasteiger partial charge in [-0.15, -0.1) is 0 Å². The van der Waals surface area contributed by atoms with Crippen molar-refractivity contribution in [3.63, 3.8) is 0 Å². The maximum Gasteiger partial charge on any atom is 0.0338 e. The molecule has 20 heavy (non-hydrogen) atoms. The van der Waals surface area contributed by atoms with Crippen molar-refractivity contribution in [1.29, 1.82) is 0 Å². The molecule has 0 N–H and O–H groups in total. The van der Waals surface area contributed by atoms with E-state index in [0.29, 0.717) is 11.5 Å². The highest BCUT2D eigenvalue weighted by molar-refractivity contribution is 5.18. The van der Waals surface area contributed by atoms with Crippen molar-refractivity contribution < 1.29 is 0 Å². The predicted octanol–water partition coefficient (Wildman–Crippen LogP) is 5.39. The van der Waals surface area contributed by atoms with Crippen molar-refractivity contribution in [3.8, 4) is 0 Å². The molecule has 0 spiro atoms. The fraction of sp³-hybridized carbons (Fsp3) is 0.789. The maximum absolute atomic E-state index is 2.67. The molecule has 2 rings (SSSR count). The molecule has 0 aromatic carbocycles. The van der Waals surface area contributed by atoms with Crippen LogP contribution in [0.15, 0.2) is 23.4 Å². The summed E-state index contributed by atoms with van der Waals surface area (Å²) >= 11 is 0. The lowest BCUT2D eigenvalue weighted by Crippen LogP contribution is -2.50. The summed E-state index contributed by atoms with van der Waals surface area (Å²) < 4.78 is 0. The van der Waals surface area contributed by atoms with Crippen molar-refractivity contribution in [3.05, 3.63) is 23.4 Å². The first kappa shape index (κ1) is 15.7. The van der Waals surface area contributed by atoms with Crippen LogP contribution in [0.2, 0.25) is 0 Å². The van der Waals surface area contributed by atoms with Crippen LogP contribution in [0.1, 0.15) is 67.2 Å². The standard InChI is InChI=1S/C19H33N/c1-7-17-19(5,6)18-15(3)9-8-12-20(17)13-14(2)10-11-16(18)4/h11,13,15,17-18H,7-10,12H2,1-6H3/b14-13-,16-11-/t15-,17?,18?/m0/s1.